The number of carbonyl (C=O) groups is 1. The van der Waals surface area contributed by atoms with Gasteiger partial charge in [-0.1, -0.05) is 13.0 Å². The lowest BCUT2D eigenvalue weighted by atomic mass is 10.2. The fourth-order valence-electron chi connectivity index (χ4n) is 1.66. The zero-order chi connectivity index (χ0) is 12.8. The SMILES string of the molecule is CCCC(=O)NCc1ccnc(-c2cccs2)c1. The van der Waals surface area contributed by atoms with Gasteiger partial charge in [-0.25, -0.2) is 0 Å². The topological polar surface area (TPSA) is 42.0 Å². The van der Waals surface area contributed by atoms with Gasteiger partial charge in [0.1, 0.15) is 0 Å². The quantitative estimate of drug-likeness (QED) is 0.896. The first kappa shape index (κ1) is 12.8. The Labute approximate surface area is 111 Å². The molecule has 0 aliphatic carbocycles. The first-order chi connectivity index (χ1) is 8.79. The van der Waals surface area contributed by atoms with Crippen LogP contribution in [0.4, 0.5) is 0 Å². The maximum atomic E-state index is 11.4. The lowest BCUT2D eigenvalue weighted by Crippen LogP contribution is -2.22. The first-order valence-corrected chi connectivity index (χ1v) is 6.93. The molecule has 2 heterocycles. The number of thiophene rings is 1. The average molecular weight is 260 g/mol. The molecular formula is C14H16N2OS. The average Bonchev–Trinajstić information content (AvgIpc) is 2.91. The summed E-state index contributed by atoms with van der Waals surface area (Å²) in [7, 11) is 0. The van der Waals surface area contributed by atoms with E-state index in [4.69, 9.17) is 0 Å². The van der Waals surface area contributed by atoms with Crippen LogP contribution < -0.4 is 5.32 Å². The van der Waals surface area contributed by atoms with E-state index in [1.807, 2.05) is 36.6 Å². The molecule has 0 bridgehead atoms. The number of hydrogen-bond acceptors (Lipinski definition) is 3. The largest absolute Gasteiger partial charge is 0.352 e. The molecule has 0 aliphatic rings. The molecule has 3 nitrogen and oxygen atoms in total. The Hall–Kier alpha value is -1.68. The van der Waals surface area contributed by atoms with Crippen LogP contribution in [0, 0.1) is 0 Å². The van der Waals surface area contributed by atoms with E-state index in [1.54, 1.807) is 17.5 Å². The highest BCUT2D eigenvalue weighted by molar-refractivity contribution is 7.13. The van der Waals surface area contributed by atoms with Gasteiger partial charge in [-0.05, 0) is 35.6 Å². The first-order valence-electron chi connectivity index (χ1n) is 6.05. The monoisotopic (exact) mass is 260 g/mol. The van der Waals surface area contributed by atoms with Crippen molar-refractivity contribution in [3.05, 3.63) is 41.4 Å². The van der Waals surface area contributed by atoms with Gasteiger partial charge >= 0.3 is 0 Å². The standard InChI is InChI=1S/C14H16N2OS/c1-2-4-14(17)16-10-11-6-7-15-12(9-11)13-5-3-8-18-13/h3,5-9H,2,4,10H2,1H3,(H,16,17). The van der Waals surface area contributed by atoms with E-state index in [0.29, 0.717) is 13.0 Å². The normalized spacial score (nSPS) is 10.3. The third-order valence-corrected chi connectivity index (χ3v) is 3.46. The summed E-state index contributed by atoms with van der Waals surface area (Å²) in [6, 6.07) is 8.02. The Balaban J connectivity index is 2.02. The van der Waals surface area contributed by atoms with Crippen molar-refractivity contribution < 1.29 is 4.79 Å². The van der Waals surface area contributed by atoms with E-state index in [0.717, 1.165) is 22.6 Å². The van der Waals surface area contributed by atoms with Crippen molar-refractivity contribution in [3.8, 4) is 10.6 Å². The van der Waals surface area contributed by atoms with Gasteiger partial charge in [-0.3, -0.25) is 9.78 Å². The summed E-state index contributed by atoms with van der Waals surface area (Å²) in [5, 5.41) is 4.94. The lowest BCUT2D eigenvalue weighted by molar-refractivity contribution is -0.121. The molecule has 0 fully saturated rings. The van der Waals surface area contributed by atoms with Crippen LogP contribution in [0.5, 0.6) is 0 Å². The molecule has 0 atom stereocenters. The molecule has 1 amide bonds. The van der Waals surface area contributed by atoms with Crippen LogP contribution in [0.25, 0.3) is 10.6 Å². The summed E-state index contributed by atoms with van der Waals surface area (Å²) in [6.45, 7) is 2.57. The summed E-state index contributed by atoms with van der Waals surface area (Å²) in [4.78, 5) is 16.9. The van der Waals surface area contributed by atoms with E-state index in [1.165, 1.54) is 0 Å². The van der Waals surface area contributed by atoms with Crippen LogP contribution in [0.15, 0.2) is 35.8 Å². The number of nitrogens with one attached hydrogen (secondary N) is 1. The predicted octanol–water partition coefficient (Wildman–Crippen LogP) is 3.23. The Bertz CT molecular complexity index is 508. The van der Waals surface area contributed by atoms with Crippen molar-refractivity contribution in [2.45, 2.75) is 26.3 Å². The van der Waals surface area contributed by atoms with Crippen molar-refractivity contribution in [2.75, 3.05) is 0 Å². The second-order valence-electron chi connectivity index (χ2n) is 4.05. The van der Waals surface area contributed by atoms with Gasteiger partial charge in [0.15, 0.2) is 0 Å². The molecule has 0 unspecified atom stereocenters. The molecule has 0 spiro atoms. The minimum Gasteiger partial charge on any atom is -0.352 e. The highest BCUT2D eigenvalue weighted by Crippen LogP contribution is 2.22. The van der Waals surface area contributed by atoms with Crippen LogP contribution in [-0.4, -0.2) is 10.9 Å². The minimum atomic E-state index is 0.104. The number of hydrogen-bond donors (Lipinski definition) is 1. The molecule has 1 N–H and O–H groups in total. The van der Waals surface area contributed by atoms with E-state index in [9.17, 15) is 4.79 Å². The molecule has 0 saturated heterocycles. The van der Waals surface area contributed by atoms with Gasteiger partial charge in [0.05, 0.1) is 10.6 Å². The van der Waals surface area contributed by atoms with E-state index >= 15 is 0 Å². The Morgan fingerprint density at radius 1 is 1.44 bits per heavy atom. The van der Waals surface area contributed by atoms with Crippen molar-refractivity contribution >= 4 is 17.2 Å². The van der Waals surface area contributed by atoms with Crippen molar-refractivity contribution in [2.24, 2.45) is 0 Å². The summed E-state index contributed by atoms with van der Waals surface area (Å²) < 4.78 is 0. The Morgan fingerprint density at radius 3 is 3.06 bits per heavy atom. The number of carbonyl (C=O) groups excluding carboxylic acids is 1. The maximum absolute atomic E-state index is 11.4. The molecule has 18 heavy (non-hydrogen) atoms. The molecule has 0 aromatic carbocycles. The smallest absolute Gasteiger partial charge is 0.220 e. The molecule has 2 aromatic rings. The number of rotatable bonds is 5. The van der Waals surface area contributed by atoms with Crippen molar-refractivity contribution in [1.29, 1.82) is 0 Å². The summed E-state index contributed by atoms with van der Waals surface area (Å²) in [6.07, 6.45) is 3.25. The molecule has 4 heteroatoms. The van der Waals surface area contributed by atoms with Gasteiger partial charge in [-0.15, -0.1) is 11.3 Å². The third kappa shape index (κ3) is 3.40. The fourth-order valence-corrected chi connectivity index (χ4v) is 2.35. The summed E-state index contributed by atoms with van der Waals surface area (Å²) in [5.41, 5.74) is 2.05. The van der Waals surface area contributed by atoms with Crippen LogP contribution in [-0.2, 0) is 11.3 Å². The highest BCUT2D eigenvalue weighted by Gasteiger charge is 2.03. The molecular weight excluding hydrogens is 244 g/mol. The second kappa shape index (κ2) is 6.31. The van der Waals surface area contributed by atoms with Gasteiger partial charge in [0, 0.05) is 19.2 Å². The lowest BCUT2D eigenvalue weighted by Gasteiger charge is -2.05. The summed E-state index contributed by atoms with van der Waals surface area (Å²) >= 11 is 1.67. The minimum absolute atomic E-state index is 0.104. The van der Waals surface area contributed by atoms with Crippen LogP contribution in [0.1, 0.15) is 25.3 Å². The zero-order valence-electron chi connectivity index (χ0n) is 10.3. The van der Waals surface area contributed by atoms with Gasteiger partial charge < -0.3 is 5.32 Å². The Kier molecular flexibility index (Phi) is 4.47. The van der Waals surface area contributed by atoms with E-state index in [-0.39, 0.29) is 5.91 Å². The number of nitrogens with zero attached hydrogens (tertiary/aromatic N) is 1. The van der Waals surface area contributed by atoms with E-state index < -0.39 is 0 Å². The molecule has 2 aromatic heterocycles. The zero-order valence-corrected chi connectivity index (χ0v) is 11.2. The number of aromatic nitrogens is 1. The van der Waals surface area contributed by atoms with Crippen LogP contribution in [0.3, 0.4) is 0 Å². The van der Waals surface area contributed by atoms with E-state index in [2.05, 4.69) is 10.3 Å². The van der Waals surface area contributed by atoms with Crippen molar-refractivity contribution in [1.82, 2.24) is 10.3 Å². The molecule has 0 aliphatic heterocycles. The van der Waals surface area contributed by atoms with Crippen molar-refractivity contribution in [3.63, 3.8) is 0 Å². The summed E-state index contributed by atoms with van der Waals surface area (Å²) in [5.74, 6) is 0.104. The maximum Gasteiger partial charge on any atom is 0.220 e. The predicted molar refractivity (Wildman–Crippen MR) is 74.3 cm³/mol. The highest BCUT2D eigenvalue weighted by atomic mass is 32.1. The number of amides is 1. The third-order valence-electron chi connectivity index (χ3n) is 2.56. The molecule has 94 valence electrons. The molecule has 0 radical (unpaired) electrons. The van der Waals surface area contributed by atoms with Crippen LogP contribution in [0.2, 0.25) is 0 Å². The van der Waals surface area contributed by atoms with Gasteiger partial charge in [-0.2, -0.15) is 0 Å². The Morgan fingerprint density at radius 2 is 2.33 bits per heavy atom. The molecule has 0 saturated carbocycles. The molecule has 2 rings (SSSR count). The second-order valence-corrected chi connectivity index (χ2v) is 5.00. The number of pyridine rings is 1. The van der Waals surface area contributed by atoms with Gasteiger partial charge in [0.2, 0.25) is 5.91 Å². The van der Waals surface area contributed by atoms with Crippen LogP contribution >= 0.6 is 11.3 Å². The van der Waals surface area contributed by atoms with Gasteiger partial charge in [0.25, 0.3) is 0 Å². The fraction of sp³-hybridized carbons (Fsp3) is 0.286.